The van der Waals surface area contributed by atoms with Crippen LogP contribution in [0.5, 0.6) is 5.88 Å². The summed E-state index contributed by atoms with van der Waals surface area (Å²) in [5.41, 5.74) is 5.55. The van der Waals surface area contributed by atoms with E-state index in [0.717, 1.165) is 78.6 Å². The first-order valence-electron chi connectivity index (χ1n) is 14.8. The number of nitrogens with zero attached hydrogens (tertiary/aromatic N) is 5. The number of nitrogens with one attached hydrogen (secondary N) is 1. The van der Waals surface area contributed by atoms with Gasteiger partial charge in [-0.15, -0.1) is 11.3 Å². The highest BCUT2D eigenvalue weighted by atomic mass is 32.2. The summed E-state index contributed by atoms with van der Waals surface area (Å²) in [6, 6.07) is 7.70. The number of likely N-dealkylation sites (tertiary alicyclic amines) is 1. The van der Waals surface area contributed by atoms with Gasteiger partial charge in [0.05, 0.1) is 34.9 Å². The van der Waals surface area contributed by atoms with Crippen LogP contribution in [0.3, 0.4) is 0 Å². The quantitative estimate of drug-likeness (QED) is 0.254. The van der Waals surface area contributed by atoms with Crippen molar-refractivity contribution in [3.05, 3.63) is 53.1 Å². The van der Waals surface area contributed by atoms with Crippen molar-refractivity contribution in [3.63, 3.8) is 0 Å². The van der Waals surface area contributed by atoms with Crippen LogP contribution >= 0.6 is 11.3 Å². The van der Waals surface area contributed by atoms with Crippen LogP contribution in [-0.2, 0) is 20.2 Å². The molecule has 1 aromatic carbocycles. The molecule has 12 heteroatoms. The van der Waals surface area contributed by atoms with Crippen molar-refractivity contribution in [1.82, 2.24) is 19.9 Å². The zero-order valence-corrected chi connectivity index (χ0v) is 25.7. The van der Waals surface area contributed by atoms with Crippen LogP contribution in [0, 0.1) is 0 Å². The lowest BCUT2D eigenvalue weighted by atomic mass is 9.64. The van der Waals surface area contributed by atoms with Gasteiger partial charge in [-0.2, -0.15) is 8.42 Å². The summed E-state index contributed by atoms with van der Waals surface area (Å²) in [7, 11) is -2.12. The number of piperidine rings is 1. The number of ether oxygens (including phenoxy) is 1. The number of carbonyl (C=O) groups excluding carboxylic acids is 1. The summed E-state index contributed by atoms with van der Waals surface area (Å²) in [5.74, 6) is 0.362. The van der Waals surface area contributed by atoms with Crippen molar-refractivity contribution in [3.8, 4) is 17.0 Å². The van der Waals surface area contributed by atoms with E-state index in [4.69, 9.17) is 4.74 Å². The molecule has 4 aromatic rings. The predicted octanol–water partition coefficient (Wildman–Crippen LogP) is 5.21. The molecule has 43 heavy (non-hydrogen) atoms. The summed E-state index contributed by atoms with van der Waals surface area (Å²) in [6.07, 6.45) is 10.8. The Morgan fingerprint density at radius 3 is 2.60 bits per heavy atom. The molecule has 0 unspecified atom stereocenters. The van der Waals surface area contributed by atoms with E-state index in [-0.39, 0.29) is 22.5 Å². The number of likely N-dealkylation sites (N-methyl/N-ethyl adjacent to an activating group) is 1. The number of benzene rings is 1. The number of rotatable bonds is 9. The first-order valence-corrected chi connectivity index (χ1v) is 17.3. The molecule has 1 aliphatic carbocycles. The predicted molar refractivity (Wildman–Crippen MR) is 167 cm³/mol. The Morgan fingerprint density at radius 1 is 1.02 bits per heavy atom. The van der Waals surface area contributed by atoms with Crippen LogP contribution in [0.4, 0.5) is 11.4 Å². The molecule has 0 radical (unpaired) electrons. The second kappa shape index (κ2) is 11.1. The van der Waals surface area contributed by atoms with Gasteiger partial charge in [0.2, 0.25) is 11.8 Å². The molecular weight excluding hydrogens is 585 g/mol. The van der Waals surface area contributed by atoms with E-state index in [2.05, 4.69) is 24.6 Å². The Labute approximate surface area is 255 Å². The topological polar surface area (TPSA) is 118 Å². The van der Waals surface area contributed by atoms with Crippen LogP contribution in [0.15, 0.2) is 52.6 Å². The maximum atomic E-state index is 13.3. The second-order valence-electron chi connectivity index (χ2n) is 11.7. The molecule has 1 saturated carbocycles. The highest BCUT2D eigenvalue weighted by molar-refractivity contribution is 7.92. The lowest BCUT2D eigenvalue weighted by molar-refractivity contribution is -0.125. The van der Waals surface area contributed by atoms with Crippen LogP contribution in [-0.4, -0.2) is 67.5 Å². The fourth-order valence-corrected chi connectivity index (χ4v) is 8.50. The molecule has 1 saturated heterocycles. The maximum absolute atomic E-state index is 13.3. The minimum atomic E-state index is -3.94. The molecule has 5 heterocycles. The molecule has 2 aliphatic heterocycles. The van der Waals surface area contributed by atoms with Gasteiger partial charge in [0.25, 0.3) is 10.0 Å². The lowest BCUT2D eigenvalue weighted by Gasteiger charge is -2.37. The smallest absolute Gasteiger partial charge is 0.280 e. The number of hydrogen-bond donors (Lipinski definition) is 1. The fourth-order valence-electron chi connectivity index (χ4n) is 6.62. The van der Waals surface area contributed by atoms with Crippen LogP contribution in [0.1, 0.15) is 50.5 Å². The second-order valence-corrected chi connectivity index (χ2v) is 14.0. The number of carbonyl (C=O) groups is 1. The van der Waals surface area contributed by atoms with E-state index in [0.29, 0.717) is 6.61 Å². The molecule has 0 bridgehead atoms. The zero-order valence-electron chi connectivity index (χ0n) is 24.1. The Hall–Kier alpha value is -3.61. The van der Waals surface area contributed by atoms with Crippen molar-refractivity contribution in [2.24, 2.45) is 0 Å². The van der Waals surface area contributed by atoms with Gasteiger partial charge in [-0.25, -0.2) is 9.97 Å². The van der Waals surface area contributed by atoms with E-state index < -0.39 is 15.4 Å². The third kappa shape index (κ3) is 5.04. The molecule has 3 aliphatic rings. The Bertz CT molecular complexity index is 1780. The highest BCUT2D eigenvalue weighted by Gasteiger charge is 2.54. The number of pyridine rings is 2. The van der Waals surface area contributed by atoms with Gasteiger partial charge < -0.3 is 14.5 Å². The van der Waals surface area contributed by atoms with Crippen LogP contribution in [0.2, 0.25) is 0 Å². The summed E-state index contributed by atoms with van der Waals surface area (Å²) in [4.78, 5) is 30.7. The third-order valence-electron chi connectivity index (χ3n) is 9.03. The van der Waals surface area contributed by atoms with Gasteiger partial charge in [0, 0.05) is 41.7 Å². The molecule has 1 N–H and O–H groups in total. The van der Waals surface area contributed by atoms with Gasteiger partial charge in [0.1, 0.15) is 5.69 Å². The summed E-state index contributed by atoms with van der Waals surface area (Å²) in [6.45, 7) is 3.58. The van der Waals surface area contributed by atoms with Crippen molar-refractivity contribution in [1.29, 1.82) is 0 Å². The monoisotopic (exact) mass is 618 g/mol. The van der Waals surface area contributed by atoms with Gasteiger partial charge in [0.15, 0.2) is 5.03 Å². The van der Waals surface area contributed by atoms with Crippen LogP contribution in [0.25, 0.3) is 22.0 Å². The number of aromatic nitrogens is 3. The normalized spacial score (nSPS) is 18.2. The summed E-state index contributed by atoms with van der Waals surface area (Å²) in [5, 5.41) is 2.38. The van der Waals surface area contributed by atoms with Crippen molar-refractivity contribution in [2.75, 3.05) is 42.9 Å². The van der Waals surface area contributed by atoms with Gasteiger partial charge in [-0.3, -0.25) is 14.5 Å². The molecule has 10 nitrogen and oxygen atoms in total. The number of hydrogen-bond acceptors (Lipinski definition) is 9. The SMILES string of the molecule is CN1C(=O)C2(CCC2)c2c1cnc1ccc(-c3cnc(OCCCN4CCCCC4)c(NS(=O)(=O)c4cscn4)c3)cc21. The first kappa shape index (κ1) is 28.2. The van der Waals surface area contributed by atoms with Crippen molar-refractivity contribution in [2.45, 2.75) is 55.4 Å². The van der Waals surface area contributed by atoms with Crippen molar-refractivity contribution < 1.29 is 17.9 Å². The van der Waals surface area contributed by atoms with Gasteiger partial charge >= 0.3 is 0 Å². The van der Waals surface area contributed by atoms with E-state index in [1.165, 1.54) is 41.5 Å². The molecule has 0 atom stereocenters. The number of sulfonamides is 1. The van der Waals surface area contributed by atoms with Gasteiger partial charge in [-0.1, -0.05) is 18.9 Å². The number of amides is 1. The Morgan fingerprint density at radius 2 is 1.86 bits per heavy atom. The lowest BCUT2D eigenvalue weighted by Crippen LogP contribution is -2.43. The molecule has 3 aromatic heterocycles. The average molecular weight is 619 g/mol. The highest BCUT2D eigenvalue weighted by Crippen LogP contribution is 2.55. The molecule has 7 rings (SSSR count). The standard InChI is InChI=1S/C31H34N6O4S2/c1-36-26-18-32-24-8-7-21(15-23(24)28(26)31(30(36)38)9-5-10-31)22-16-25(35-43(39,40)27-19-42-20-34-27)29(33-17-22)41-14-6-13-37-11-3-2-4-12-37/h7-8,15-20,35H,2-6,9-14H2,1H3. The summed E-state index contributed by atoms with van der Waals surface area (Å²) < 4.78 is 35.1. The molecule has 1 amide bonds. The zero-order chi connectivity index (χ0) is 29.6. The molecule has 1 spiro atoms. The van der Waals surface area contributed by atoms with E-state index >= 15 is 0 Å². The van der Waals surface area contributed by atoms with Crippen molar-refractivity contribution >= 4 is 49.5 Å². The minimum absolute atomic E-state index is 0.0501. The maximum Gasteiger partial charge on any atom is 0.280 e. The fraction of sp³-hybridized carbons (Fsp3) is 0.419. The van der Waals surface area contributed by atoms with E-state index in [1.54, 1.807) is 23.4 Å². The van der Waals surface area contributed by atoms with Gasteiger partial charge in [-0.05, 0) is 69.0 Å². The number of anilines is 2. The molecular formula is C31H34N6O4S2. The summed E-state index contributed by atoms with van der Waals surface area (Å²) >= 11 is 1.21. The van der Waals surface area contributed by atoms with E-state index in [1.807, 2.05) is 25.2 Å². The number of thiazole rings is 1. The Balaban J connectivity index is 1.22. The molecule has 2 fully saturated rings. The average Bonchev–Trinajstić information content (AvgIpc) is 3.63. The molecule has 224 valence electrons. The van der Waals surface area contributed by atoms with E-state index in [9.17, 15) is 13.2 Å². The number of fused-ring (bicyclic) bond motifs is 4. The first-order chi connectivity index (χ1) is 20.9. The minimum Gasteiger partial charge on any atom is -0.476 e. The third-order valence-corrected chi connectivity index (χ3v) is 11.0. The Kier molecular flexibility index (Phi) is 7.30. The van der Waals surface area contributed by atoms with Crippen LogP contribution < -0.4 is 14.4 Å². The largest absolute Gasteiger partial charge is 0.476 e.